The molecule has 4 rings (SSSR count). The summed E-state index contributed by atoms with van der Waals surface area (Å²) in [5, 5.41) is 4.58. The van der Waals surface area contributed by atoms with Crippen LogP contribution in [0.2, 0.25) is 0 Å². The van der Waals surface area contributed by atoms with Gasteiger partial charge in [-0.15, -0.1) is 0 Å². The van der Waals surface area contributed by atoms with Gasteiger partial charge in [-0.25, -0.2) is 0 Å². The molecule has 0 amide bonds. The van der Waals surface area contributed by atoms with E-state index in [1.807, 2.05) is 18.2 Å². The van der Waals surface area contributed by atoms with Gasteiger partial charge < -0.3 is 10.1 Å². The molecule has 5 heteroatoms. The second-order valence-corrected chi connectivity index (χ2v) is 7.49. The first-order valence-electron chi connectivity index (χ1n) is 7.81. The summed E-state index contributed by atoms with van der Waals surface area (Å²) in [6, 6.07) is 15.2. The fraction of sp³-hybridized carbons (Fsp3) is 0.278. The zero-order valence-corrected chi connectivity index (χ0v) is 15.0. The molecule has 2 heterocycles. The Bertz CT molecular complexity index is 812. The molecule has 3 aromatic rings. The van der Waals surface area contributed by atoms with Crippen molar-refractivity contribution in [2.24, 2.45) is 0 Å². The van der Waals surface area contributed by atoms with Crippen LogP contribution in [0.25, 0.3) is 21.3 Å². The van der Waals surface area contributed by atoms with E-state index in [1.54, 1.807) is 0 Å². The largest absolute Gasteiger partial charge is 0.493 e. The highest BCUT2D eigenvalue weighted by Gasteiger charge is 2.16. The summed E-state index contributed by atoms with van der Waals surface area (Å²) in [6.07, 6.45) is 2.35. The van der Waals surface area contributed by atoms with Gasteiger partial charge in [0, 0.05) is 21.5 Å². The predicted molar refractivity (Wildman–Crippen MR) is 99.3 cm³/mol. The van der Waals surface area contributed by atoms with Crippen LogP contribution in [0, 0.1) is 0 Å². The molecule has 0 aliphatic carbocycles. The van der Waals surface area contributed by atoms with Crippen molar-refractivity contribution in [1.29, 1.82) is 0 Å². The van der Waals surface area contributed by atoms with Gasteiger partial charge in [0.1, 0.15) is 5.75 Å². The standard InChI is InChI=1S/C18H17BrN2OS/c19-13-3-1-12(2-4-13)18-16-6-5-15(11-17(16)23-21-18)22-10-8-14-7-9-20-14/h1-6,11,14,20H,7-10H2. The molecule has 1 aliphatic heterocycles. The first-order valence-corrected chi connectivity index (χ1v) is 9.38. The van der Waals surface area contributed by atoms with E-state index in [-0.39, 0.29) is 0 Å². The highest BCUT2D eigenvalue weighted by molar-refractivity contribution is 9.10. The number of ether oxygens (including phenoxy) is 1. The molecule has 1 aromatic heterocycles. The molecule has 1 aliphatic rings. The molecular formula is C18H17BrN2OS. The molecule has 1 N–H and O–H groups in total. The van der Waals surface area contributed by atoms with Gasteiger partial charge in [-0.1, -0.05) is 28.1 Å². The maximum absolute atomic E-state index is 5.88. The van der Waals surface area contributed by atoms with Crippen LogP contribution in [0.1, 0.15) is 12.8 Å². The Kier molecular flexibility index (Phi) is 4.33. The van der Waals surface area contributed by atoms with Crippen LogP contribution in [-0.4, -0.2) is 23.6 Å². The van der Waals surface area contributed by atoms with Crippen molar-refractivity contribution in [3.05, 3.63) is 46.9 Å². The Balaban J connectivity index is 1.52. The zero-order valence-electron chi connectivity index (χ0n) is 12.6. The molecule has 1 unspecified atom stereocenters. The first kappa shape index (κ1) is 15.1. The molecule has 0 saturated carbocycles. The number of rotatable bonds is 5. The quantitative estimate of drug-likeness (QED) is 0.677. The smallest absolute Gasteiger partial charge is 0.120 e. The van der Waals surface area contributed by atoms with Crippen LogP contribution in [-0.2, 0) is 0 Å². The lowest BCUT2D eigenvalue weighted by Gasteiger charge is -2.27. The van der Waals surface area contributed by atoms with Crippen molar-refractivity contribution in [3.8, 4) is 17.0 Å². The van der Waals surface area contributed by atoms with Crippen molar-refractivity contribution >= 4 is 37.5 Å². The summed E-state index contributed by atoms with van der Waals surface area (Å²) < 4.78 is 12.8. The summed E-state index contributed by atoms with van der Waals surface area (Å²) in [7, 11) is 0. The Morgan fingerprint density at radius 2 is 2.04 bits per heavy atom. The third kappa shape index (κ3) is 3.27. The topological polar surface area (TPSA) is 34.1 Å². The van der Waals surface area contributed by atoms with Crippen molar-refractivity contribution in [1.82, 2.24) is 9.69 Å². The second-order valence-electron chi connectivity index (χ2n) is 5.77. The van der Waals surface area contributed by atoms with Gasteiger partial charge in [0.15, 0.2) is 0 Å². The summed E-state index contributed by atoms with van der Waals surface area (Å²) >= 11 is 5.00. The van der Waals surface area contributed by atoms with Gasteiger partial charge >= 0.3 is 0 Å². The molecule has 1 saturated heterocycles. The van der Waals surface area contributed by atoms with E-state index in [0.717, 1.165) is 41.1 Å². The minimum absolute atomic E-state index is 0.645. The number of hydrogen-bond acceptors (Lipinski definition) is 4. The van der Waals surface area contributed by atoms with Crippen molar-refractivity contribution < 1.29 is 4.74 Å². The first-order chi connectivity index (χ1) is 11.3. The molecule has 3 nitrogen and oxygen atoms in total. The summed E-state index contributed by atoms with van der Waals surface area (Å²) in [5.74, 6) is 0.933. The normalized spacial score (nSPS) is 17.2. The predicted octanol–water partition coefficient (Wildman–Crippen LogP) is 4.86. The van der Waals surface area contributed by atoms with Crippen LogP contribution < -0.4 is 10.1 Å². The van der Waals surface area contributed by atoms with Crippen molar-refractivity contribution in [2.75, 3.05) is 13.2 Å². The molecule has 23 heavy (non-hydrogen) atoms. The Morgan fingerprint density at radius 3 is 2.78 bits per heavy atom. The van der Waals surface area contributed by atoms with Gasteiger partial charge in [-0.3, -0.25) is 0 Å². The molecular weight excluding hydrogens is 372 g/mol. The molecule has 0 radical (unpaired) electrons. The van der Waals surface area contributed by atoms with Crippen molar-refractivity contribution in [3.63, 3.8) is 0 Å². The summed E-state index contributed by atoms with van der Waals surface area (Å²) in [5.41, 5.74) is 2.19. The number of nitrogens with one attached hydrogen (secondary N) is 1. The van der Waals surface area contributed by atoms with E-state index in [1.165, 1.54) is 28.0 Å². The fourth-order valence-corrected chi connectivity index (χ4v) is 3.83. The Labute approximate surface area is 148 Å². The lowest BCUT2D eigenvalue weighted by atomic mass is 10.0. The van der Waals surface area contributed by atoms with Crippen molar-refractivity contribution in [2.45, 2.75) is 18.9 Å². The van der Waals surface area contributed by atoms with E-state index in [4.69, 9.17) is 4.74 Å². The number of fused-ring (bicyclic) bond motifs is 1. The monoisotopic (exact) mass is 388 g/mol. The SMILES string of the molecule is Brc1ccc(-c2nsc3cc(OCCC4CCN4)ccc23)cc1. The number of benzene rings is 2. The van der Waals surface area contributed by atoms with Crippen LogP contribution in [0.3, 0.4) is 0 Å². The highest BCUT2D eigenvalue weighted by Crippen LogP contribution is 2.33. The number of halogens is 1. The Hall–Kier alpha value is -1.43. The number of nitrogens with zero attached hydrogens (tertiary/aromatic N) is 1. The summed E-state index contributed by atoms with van der Waals surface area (Å²) in [6.45, 7) is 1.91. The van der Waals surface area contributed by atoms with Gasteiger partial charge in [0.25, 0.3) is 0 Å². The third-order valence-electron chi connectivity index (χ3n) is 4.22. The molecule has 2 aromatic carbocycles. The third-order valence-corrected chi connectivity index (χ3v) is 5.56. The van der Waals surface area contributed by atoms with E-state index in [0.29, 0.717) is 6.04 Å². The molecule has 1 fully saturated rings. The lowest BCUT2D eigenvalue weighted by molar-refractivity contribution is 0.252. The minimum Gasteiger partial charge on any atom is -0.493 e. The minimum atomic E-state index is 0.645. The van der Waals surface area contributed by atoms with Gasteiger partial charge in [0.2, 0.25) is 0 Å². The van der Waals surface area contributed by atoms with Crippen LogP contribution >= 0.6 is 27.5 Å². The number of hydrogen-bond donors (Lipinski definition) is 1. The van der Waals surface area contributed by atoms with Crippen LogP contribution in [0.15, 0.2) is 46.9 Å². The molecule has 118 valence electrons. The van der Waals surface area contributed by atoms with E-state index >= 15 is 0 Å². The van der Waals surface area contributed by atoms with Crippen LogP contribution in [0.4, 0.5) is 0 Å². The van der Waals surface area contributed by atoms with E-state index < -0.39 is 0 Å². The number of aromatic nitrogens is 1. The maximum atomic E-state index is 5.88. The van der Waals surface area contributed by atoms with Gasteiger partial charge in [0.05, 0.1) is 17.0 Å². The molecule has 1 atom stereocenters. The van der Waals surface area contributed by atoms with E-state index in [2.05, 4.69) is 49.9 Å². The summed E-state index contributed by atoms with van der Waals surface area (Å²) in [4.78, 5) is 0. The second kappa shape index (κ2) is 6.59. The van der Waals surface area contributed by atoms with E-state index in [9.17, 15) is 0 Å². The Morgan fingerprint density at radius 1 is 1.22 bits per heavy atom. The van der Waals surface area contributed by atoms with Gasteiger partial charge in [-0.2, -0.15) is 4.37 Å². The highest BCUT2D eigenvalue weighted by atomic mass is 79.9. The maximum Gasteiger partial charge on any atom is 0.120 e. The van der Waals surface area contributed by atoms with Gasteiger partial charge in [-0.05, 0) is 61.3 Å². The molecule has 0 bridgehead atoms. The zero-order chi connectivity index (χ0) is 15.6. The average molecular weight is 389 g/mol. The fourth-order valence-electron chi connectivity index (χ4n) is 2.74. The average Bonchev–Trinajstić information content (AvgIpc) is 2.94. The lowest BCUT2D eigenvalue weighted by Crippen LogP contribution is -2.43. The molecule has 0 spiro atoms. The van der Waals surface area contributed by atoms with Crippen LogP contribution in [0.5, 0.6) is 5.75 Å².